The maximum absolute atomic E-state index is 6.02. The molecule has 114 valence electrons. The average molecular weight is 314 g/mol. The highest BCUT2D eigenvalue weighted by Crippen LogP contribution is 2.24. The van der Waals surface area contributed by atoms with Crippen LogP contribution in [0, 0.1) is 0 Å². The first-order chi connectivity index (χ1) is 10.8. The van der Waals surface area contributed by atoms with Crippen LogP contribution in [-0.2, 0) is 4.74 Å². The lowest BCUT2D eigenvalue weighted by atomic mass is 9.98. The molecule has 1 N–H and O–H groups in total. The van der Waals surface area contributed by atoms with Gasteiger partial charge in [-0.3, -0.25) is 0 Å². The minimum atomic E-state index is 0.154. The highest BCUT2D eigenvalue weighted by Gasteiger charge is 2.14. The molecule has 0 saturated heterocycles. The summed E-state index contributed by atoms with van der Waals surface area (Å²) < 4.78 is 5.52. The summed E-state index contributed by atoms with van der Waals surface area (Å²) in [6, 6.07) is 18.7. The minimum absolute atomic E-state index is 0.154. The Morgan fingerprint density at radius 3 is 2.41 bits per heavy atom. The van der Waals surface area contributed by atoms with Crippen LogP contribution in [-0.4, -0.2) is 19.8 Å². The van der Waals surface area contributed by atoms with Gasteiger partial charge in [0.2, 0.25) is 0 Å². The molecule has 3 heteroatoms. The van der Waals surface area contributed by atoms with Crippen LogP contribution in [0.25, 0.3) is 0 Å². The first kappa shape index (κ1) is 15.3. The molecule has 1 heterocycles. The fourth-order valence-electron chi connectivity index (χ4n) is 2.69. The van der Waals surface area contributed by atoms with Gasteiger partial charge in [0.15, 0.2) is 0 Å². The van der Waals surface area contributed by atoms with Crippen molar-refractivity contribution in [1.82, 2.24) is 5.32 Å². The number of rotatable bonds is 5. The standard InChI is InChI=1S/C19H20ClNO/c20-18-10-8-17(9-11-18)19(16-6-2-1-3-7-16)21-13-15-5-4-12-22-14-15/h1-3,5-11,19,21H,4,12-14H2/t19-/m1/s1. The summed E-state index contributed by atoms with van der Waals surface area (Å²) in [5, 5.41) is 4.41. The fourth-order valence-corrected chi connectivity index (χ4v) is 2.82. The predicted molar refractivity (Wildman–Crippen MR) is 91.3 cm³/mol. The topological polar surface area (TPSA) is 21.3 Å². The number of benzene rings is 2. The molecule has 0 bridgehead atoms. The van der Waals surface area contributed by atoms with Gasteiger partial charge >= 0.3 is 0 Å². The second-order valence-electron chi connectivity index (χ2n) is 5.48. The SMILES string of the molecule is Clc1ccc([C@H](NCC2=CCCOC2)c2ccccc2)cc1. The molecular weight excluding hydrogens is 294 g/mol. The van der Waals surface area contributed by atoms with E-state index in [2.05, 4.69) is 47.8 Å². The fraction of sp³-hybridized carbons (Fsp3) is 0.263. The lowest BCUT2D eigenvalue weighted by Gasteiger charge is -2.22. The maximum Gasteiger partial charge on any atom is 0.0689 e. The van der Waals surface area contributed by atoms with Crippen LogP contribution in [0.5, 0.6) is 0 Å². The maximum atomic E-state index is 6.02. The highest BCUT2D eigenvalue weighted by atomic mass is 35.5. The van der Waals surface area contributed by atoms with E-state index in [1.165, 1.54) is 16.7 Å². The zero-order chi connectivity index (χ0) is 15.2. The summed E-state index contributed by atoms with van der Waals surface area (Å²) in [4.78, 5) is 0. The molecule has 1 atom stereocenters. The van der Waals surface area contributed by atoms with E-state index >= 15 is 0 Å². The van der Waals surface area contributed by atoms with Crippen molar-refractivity contribution in [2.45, 2.75) is 12.5 Å². The number of halogens is 1. The van der Waals surface area contributed by atoms with Gasteiger partial charge < -0.3 is 10.1 Å². The third-order valence-corrected chi connectivity index (χ3v) is 4.10. The Hall–Kier alpha value is -1.61. The lowest BCUT2D eigenvalue weighted by Crippen LogP contribution is -2.26. The van der Waals surface area contributed by atoms with Crippen molar-refractivity contribution in [3.8, 4) is 0 Å². The molecule has 2 aromatic carbocycles. The monoisotopic (exact) mass is 313 g/mol. The molecule has 0 radical (unpaired) electrons. The number of hydrogen-bond acceptors (Lipinski definition) is 2. The third kappa shape index (κ3) is 3.98. The molecule has 0 unspecified atom stereocenters. The zero-order valence-corrected chi connectivity index (χ0v) is 13.2. The molecule has 2 nitrogen and oxygen atoms in total. The van der Waals surface area contributed by atoms with E-state index in [9.17, 15) is 0 Å². The Bertz CT molecular complexity index is 622. The molecule has 3 rings (SSSR count). The number of nitrogens with one attached hydrogen (secondary N) is 1. The molecule has 2 aromatic rings. The number of hydrogen-bond donors (Lipinski definition) is 1. The molecule has 0 spiro atoms. The summed E-state index contributed by atoms with van der Waals surface area (Å²) in [5.74, 6) is 0. The van der Waals surface area contributed by atoms with E-state index in [0.717, 1.165) is 31.2 Å². The van der Waals surface area contributed by atoms with E-state index < -0.39 is 0 Å². The normalized spacial score (nSPS) is 16.1. The summed E-state index contributed by atoms with van der Waals surface area (Å²) in [6.45, 7) is 2.40. The molecule has 0 amide bonds. The van der Waals surface area contributed by atoms with Gasteiger partial charge in [-0.15, -0.1) is 0 Å². The van der Waals surface area contributed by atoms with Crippen LogP contribution in [0.3, 0.4) is 0 Å². The smallest absolute Gasteiger partial charge is 0.0689 e. The molecule has 0 fully saturated rings. The molecule has 1 aliphatic rings. The van der Waals surface area contributed by atoms with E-state index in [-0.39, 0.29) is 6.04 Å². The van der Waals surface area contributed by atoms with Crippen LogP contribution in [0.15, 0.2) is 66.2 Å². The van der Waals surface area contributed by atoms with E-state index in [0.29, 0.717) is 0 Å². The Kier molecular flexibility index (Phi) is 5.28. The largest absolute Gasteiger partial charge is 0.377 e. The molecule has 1 aliphatic heterocycles. The van der Waals surface area contributed by atoms with Gasteiger partial charge in [0.1, 0.15) is 0 Å². The van der Waals surface area contributed by atoms with E-state index in [1.54, 1.807) is 0 Å². The van der Waals surface area contributed by atoms with Gasteiger partial charge in [0.05, 0.1) is 19.3 Å². The minimum Gasteiger partial charge on any atom is -0.377 e. The Labute approximate surface area is 136 Å². The lowest BCUT2D eigenvalue weighted by molar-refractivity contribution is 0.148. The second-order valence-corrected chi connectivity index (χ2v) is 5.92. The van der Waals surface area contributed by atoms with Crippen molar-refractivity contribution in [2.24, 2.45) is 0 Å². The van der Waals surface area contributed by atoms with Crippen molar-refractivity contribution in [2.75, 3.05) is 19.8 Å². The van der Waals surface area contributed by atoms with Crippen molar-refractivity contribution in [1.29, 1.82) is 0 Å². The van der Waals surface area contributed by atoms with Crippen LogP contribution in [0.2, 0.25) is 5.02 Å². The molecule has 0 saturated carbocycles. The predicted octanol–water partition coefficient (Wildman–Crippen LogP) is 4.37. The van der Waals surface area contributed by atoms with Gasteiger partial charge in [0.25, 0.3) is 0 Å². The van der Waals surface area contributed by atoms with E-state index in [1.807, 2.05) is 18.2 Å². The Morgan fingerprint density at radius 2 is 1.73 bits per heavy atom. The van der Waals surface area contributed by atoms with Crippen LogP contribution in [0.1, 0.15) is 23.6 Å². The van der Waals surface area contributed by atoms with Crippen molar-refractivity contribution >= 4 is 11.6 Å². The summed E-state index contributed by atoms with van der Waals surface area (Å²) in [6.07, 6.45) is 3.29. The summed E-state index contributed by atoms with van der Waals surface area (Å²) in [5.41, 5.74) is 3.79. The van der Waals surface area contributed by atoms with Crippen LogP contribution in [0.4, 0.5) is 0 Å². The van der Waals surface area contributed by atoms with Gasteiger partial charge in [-0.2, -0.15) is 0 Å². The highest BCUT2D eigenvalue weighted by molar-refractivity contribution is 6.30. The van der Waals surface area contributed by atoms with Crippen molar-refractivity contribution in [3.05, 3.63) is 82.4 Å². The van der Waals surface area contributed by atoms with Crippen LogP contribution < -0.4 is 5.32 Å². The van der Waals surface area contributed by atoms with Gasteiger partial charge in [-0.1, -0.05) is 60.1 Å². The molecule has 0 aliphatic carbocycles. The van der Waals surface area contributed by atoms with Gasteiger partial charge in [-0.05, 0) is 35.3 Å². The van der Waals surface area contributed by atoms with Crippen LogP contribution >= 0.6 is 11.6 Å². The zero-order valence-electron chi connectivity index (χ0n) is 12.5. The first-order valence-corrected chi connectivity index (χ1v) is 8.00. The first-order valence-electron chi connectivity index (χ1n) is 7.62. The third-order valence-electron chi connectivity index (χ3n) is 3.85. The Morgan fingerprint density at radius 1 is 1.00 bits per heavy atom. The quantitative estimate of drug-likeness (QED) is 0.828. The van der Waals surface area contributed by atoms with Crippen molar-refractivity contribution in [3.63, 3.8) is 0 Å². The van der Waals surface area contributed by atoms with Gasteiger partial charge in [-0.25, -0.2) is 0 Å². The molecular formula is C19H20ClNO. The molecule has 0 aromatic heterocycles. The molecule has 22 heavy (non-hydrogen) atoms. The summed E-state index contributed by atoms with van der Waals surface area (Å²) >= 11 is 6.02. The van der Waals surface area contributed by atoms with E-state index in [4.69, 9.17) is 16.3 Å². The summed E-state index contributed by atoms with van der Waals surface area (Å²) in [7, 11) is 0. The number of ether oxygens (including phenoxy) is 1. The van der Waals surface area contributed by atoms with Crippen molar-refractivity contribution < 1.29 is 4.74 Å². The average Bonchev–Trinajstić information content (AvgIpc) is 2.58. The Balaban J connectivity index is 1.80. The van der Waals surface area contributed by atoms with Gasteiger partial charge in [0, 0.05) is 11.6 Å². The second kappa shape index (κ2) is 7.59.